The zero-order valence-electron chi connectivity index (χ0n) is 11.7. The van der Waals surface area contributed by atoms with Gasteiger partial charge in [-0.2, -0.15) is 0 Å². The van der Waals surface area contributed by atoms with Crippen molar-refractivity contribution in [3.8, 4) is 0 Å². The van der Waals surface area contributed by atoms with Crippen molar-refractivity contribution in [2.75, 3.05) is 6.54 Å². The first-order valence-corrected chi connectivity index (χ1v) is 7.02. The Balaban J connectivity index is 1.89. The van der Waals surface area contributed by atoms with Gasteiger partial charge in [-0.1, -0.05) is 12.8 Å². The lowest BCUT2D eigenvalue weighted by Gasteiger charge is -2.29. The van der Waals surface area contributed by atoms with Crippen LogP contribution >= 0.6 is 0 Å². The lowest BCUT2D eigenvalue weighted by molar-refractivity contribution is -0.127. The van der Waals surface area contributed by atoms with Crippen LogP contribution in [0.4, 0.5) is 0 Å². The first-order chi connectivity index (χ1) is 9.11. The number of hydrogen-bond donors (Lipinski definition) is 2. The molecular weight excluding hydrogens is 242 g/mol. The molecular formula is C14H23N3O2. The van der Waals surface area contributed by atoms with Crippen LogP contribution in [0.5, 0.6) is 0 Å². The zero-order valence-corrected chi connectivity index (χ0v) is 11.7. The van der Waals surface area contributed by atoms with Gasteiger partial charge in [0, 0.05) is 5.92 Å². The minimum Gasteiger partial charge on any atom is -0.444 e. The zero-order chi connectivity index (χ0) is 13.8. The molecule has 5 nitrogen and oxygen atoms in total. The van der Waals surface area contributed by atoms with Crippen molar-refractivity contribution in [2.24, 2.45) is 17.6 Å². The summed E-state index contributed by atoms with van der Waals surface area (Å²) in [7, 11) is 0. The van der Waals surface area contributed by atoms with Crippen molar-refractivity contribution in [3.05, 3.63) is 17.3 Å². The maximum atomic E-state index is 12.2. The van der Waals surface area contributed by atoms with Gasteiger partial charge in [0.1, 0.15) is 5.76 Å². The third-order valence-corrected chi connectivity index (χ3v) is 4.04. The molecule has 0 saturated heterocycles. The summed E-state index contributed by atoms with van der Waals surface area (Å²) >= 11 is 0. The van der Waals surface area contributed by atoms with Crippen LogP contribution in [0.2, 0.25) is 0 Å². The lowest BCUT2D eigenvalue weighted by atomic mass is 9.79. The van der Waals surface area contributed by atoms with E-state index in [1.807, 2.05) is 13.8 Å². The van der Waals surface area contributed by atoms with Crippen molar-refractivity contribution in [3.63, 3.8) is 0 Å². The van der Waals surface area contributed by atoms with Crippen LogP contribution in [-0.2, 0) is 11.3 Å². The monoisotopic (exact) mass is 265 g/mol. The third kappa shape index (κ3) is 3.35. The summed E-state index contributed by atoms with van der Waals surface area (Å²) in [6, 6.07) is 0. The molecule has 2 unspecified atom stereocenters. The quantitative estimate of drug-likeness (QED) is 0.867. The van der Waals surface area contributed by atoms with Crippen molar-refractivity contribution >= 4 is 5.91 Å². The Morgan fingerprint density at radius 3 is 2.79 bits per heavy atom. The summed E-state index contributed by atoms with van der Waals surface area (Å²) in [5.74, 6) is 1.84. The third-order valence-electron chi connectivity index (χ3n) is 4.04. The summed E-state index contributed by atoms with van der Waals surface area (Å²) in [6.45, 7) is 4.73. The average molecular weight is 265 g/mol. The van der Waals surface area contributed by atoms with Crippen LogP contribution in [-0.4, -0.2) is 17.4 Å². The fourth-order valence-electron chi connectivity index (χ4n) is 2.74. The Morgan fingerprint density at radius 1 is 1.42 bits per heavy atom. The van der Waals surface area contributed by atoms with Gasteiger partial charge in [-0.15, -0.1) is 0 Å². The topological polar surface area (TPSA) is 81.2 Å². The number of rotatable bonds is 4. The maximum Gasteiger partial charge on any atom is 0.223 e. The summed E-state index contributed by atoms with van der Waals surface area (Å²) in [5.41, 5.74) is 6.63. The van der Waals surface area contributed by atoms with Gasteiger partial charge in [0.2, 0.25) is 11.8 Å². The average Bonchev–Trinajstić information content (AvgIpc) is 2.75. The molecule has 1 aromatic rings. The molecule has 2 atom stereocenters. The number of nitrogens with one attached hydrogen (secondary N) is 1. The Hall–Kier alpha value is -1.36. The molecule has 0 radical (unpaired) electrons. The predicted octanol–water partition coefficient (Wildman–Crippen LogP) is 1.67. The van der Waals surface area contributed by atoms with Crippen molar-refractivity contribution < 1.29 is 9.21 Å². The number of aryl methyl sites for hydroxylation is 2. The molecule has 0 bridgehead atoms. The summed E-state index contributed by atoms with van der Waals surface area (Å²) in [5, 5.41) is 2.92. The first kappa shape index (κ1) is 14.1. The number of oxazole rings is 1. The predicted molar refractivity (Wildman–Crippen MR) is 72.3 cm³/mol. The molecule has 3 N–H and O–H groups in total. The van der Waals surface area contributed by atoms with Gasteiger partial charge in [0.15, 0.2) is 0 Å². The number of nitrogens with zero attached hydrogens (tertiary/aromatic N) is 1. The van der Waals surface area contributed by atoms with Crippen LogP contribution in [0, 0.1) is 25.7 Å². The fraction of sp³-hybridized carbons (Fsp3) is 0.714. The molecule has 1 aliphatic carbocycles. The van der Waals surface area contributed by atoms with Crippen LogP contribution in [0.15, 0.2) is 4.42 Å². The van der Waals surface area contributed by atoms with E-state index < -0.39 is 0 Å². The fourth-order valence-corrected chi connectivity index (χ4v) is 2.74. The van der Waals surface area contributed by atoms with Crippen molar-refractivity contribution in [1.29, 1.82) is 0 Å². The Kier molecular flexibility index (Phi) is 4.58. The number of aromatic nitrogens is 1. The number of amides is 1. The van der Waals surface area contributed by atoms with Gasteiger partial charge in [0.25, 0.3) is 0 Å². The molecule has 1 aliphatic rings. The van der Waals surface area contributed by atoms with Gasteiger partial charge in [-0.3, -0.25) is 4.79 Å². The minimum absolute atomic E-state index is 0.0518. The van der Waals surface area contributed by atoms with E-state index in [0.717, 1.165) is 30.7 Å². The smallest absolute Gasteiger partial charge is 0.223 e. The molecule has 0 aromatic carbocycles. The van der Waals surface area contributed by atoms with Gasteiger partial charge >= 0.3 is 0 Å². The van der Waals surface area contributed by atoms with Crippen molar-refractivity contribution in [1.82, 2.24) is 10.3 Å². The van der Waals surface area contributed by atoms with Gasteiger partial charge < -0.3 is 15.5 Å². The van der Waals surface area contributed by atoms with Crippen LogP contribution < -0.4 is 11.1 Å². The van der Waals surface area contributed by atoms with Crippen LogP contribution in [0.3, 0.4) is 0 Å². The molecule has 1 fully saturated rings. The maximum absolute atomic E-state index is 12.2. The van der Waals surface area contributed by atoms with Gasteiger partial charge in [-0.05, 0) is 39.2 Å². The van der Waals surface area contributed by atoms with E-state index in [1.165, 1.54) is 6.42 Å². The largest absolute Gasteiger partial charge is 0.444 e. The SMILES string of the molecule is Cc1nc(CNC(=O)C2CCCCC2CN)oc1C. The molecule has 106 valence electrons. The molecule has 1 aromatic heterocycles. The molecule has 1 amide bonds. The standard InChI is InChI=1S/C14H23N3O2/c1-9-10(2)19-13(17-9)8-16-14(18)12-6-4-3-5-11(12)7-15/h11-12H,3-8,15H2,1-2H3,(H,16,18). The molecule has 0 aliphatic heterocycles. The lowest BCUT2D eigenvalue weighted by Crippen LogP contribution is -2.39. The highest BCUT2D eigenvalue weighted by Crippen LogP contribution is 2.29. The van der Waals surface area contributed by atoms with Crippen molar-refractivity contribution in [2.45, 2.75) is 46.1 Å². The van der Waals surface area contributed by atoms with E-state index in [4.69, 9.17) is 10.2 Å². The number of hydrogen-bond acceptors (Lipinski definition) is 4. The Morgan fingerprint density at radius 2 is 2.16 bits per heavy atom. The second kappa shape index (κ2) is 6.19. The van der Waals surface area contributed by atoms with E-state index in [1.54, 1.807) is 0 Å². The molecule has 19 heavy (non-hydrogen) atoms. The number of carbonyl (C=O) groups is 1. The second-order valence-corrected chi connectivity index (χ2v) is 5.35. The van der Waals surface area contributed by atoms with Gasteiger partial charge in [-0.25, -0.2) is 4.98 Å². The minimum atomic E-state index is 0.0518. The normalized spacial score (nSPS) is 23.3. The molecule has 5 heteroatoms. The summed E-state index contributed by atoms with van der Waals surface area (Å²) in [6.07, 6.45) is 4.30. The first-order valence-electron chi connectivity index (χ1n) is 7.02. The van der Waals surface area contributed by atoms with E-state index in [-0.39, 0.29) is 11.8 Å². The Labute approximate surface area is 114 Å². The second-order valence-electron chi connectivity index (χ2n) is 5.35. The van der Waals surface area contributed by atoms with E-state index in [0.29, 0.717) is 24.9 Å². The molecule has 2 rings (SSSR count). The van der Waals surface area contributed by atoms with Crippen LogP contribution in [0.25, 0.3) is 0 Å². The van der Waals surface area contributed by atoms with E-state index >= 15 is 0 Å². The number of nitrogens with two attached hydrogens (primary N) is 1. The molecule has 0 spiro atoms. The molecule has 1 saturated carbocycles. The van der Waals surface area contributed by atoms with Gasteiger partial charge in [0.05, 0.1) is 12.2 Å². The highest BCUT2D eigenvalue weighted by Gasteiger charge is 2.29. The highest BCUT2D eigenvalue weighted by molar-refractivity contribution is 5.79. The van der Waals surface area contributed by atoms with E-state index in [2.05, 4.69) is 10.3 Å². The van der Waals surface area contributed by atoms with Crippen LogP contribution in [0.1, 0.15) is 43.0 Å². The summed E-state index contributed by atoms with van der Waals surface area (Å²) in [4.78, 5) is 16.5. The summed E-state index contributed by atoms with van der Waals surface area (Å²) < 4.78 is 5.45. The Bertz CT molecular complexity index is 422. The highest BCUT2D eigenvalue weighted by atomic mass is 16.4. The number of carbonyl (C=O) groups excluding carboxylic acids is 1. The molecule has 1 heterocycles. The van der Waals surface area contributed by atoms with E-state index in [9.17, 15) is 4.79 Å².